The van der Waals surface area contributed by atoms with Crippen molar-refractivity contribution in [3.8, 4) is 5.75 Å². The van der Waals surface area contributed by atoms with Crippen molar-refractivity contribution in [3.05, 3.63) is 29.8 Å². The molecule has 0 aromatic heterocycles. The predicted octanol–water partition coefficient (Wildman–Crippen LogP) is 1.29. The monoisotopic (exact) mass is 222 g/mol. The van der Waals surface area contributed by atoms with Crippen molar-refractivity contribution in [1.29, 1.82) is 0 Å². The molecule has 1 aromatic carbocycles. The van der Waals surface area contributed by atoms with Crippen molar-refractivity contribution < 1.29 is 9.53 Å². The Bertz CT molecular complexity index is 420. The van der Waals surface area contributed by atoms with Crippen LogP contribution in [-0.2, 0) is 6.54 Å². The number of hydrogen-bond acceptors (Lipinski definition) is 3. The van der Waals surface area contributed by atoms with Gasteiger partial charge in [-0.2, -0.15) is 0 Å². The van der Waals surface area contributed by atoms with Crippen LogP contribution >= 0.6 is 12.2 Å². The Labute approximate surface area is 92.6 Å². The zero-order valence-corrected chi connectivity index (χ0v) is 8.79. The summed E-state index contributed by atoms with van der Waals surface area (Å²) in [7, 11) is 0. The number of carbonyl (C=O) groups is 1. The van der Waals surface area contributed by atoms with Crippen LogP contribution in [0.4, 0.5) is 4.79 Å². The molecule has 15 heavy (non-hydrogen) atoms. The summed E-state index contributed by atoms with van der Waals surface area (Å²) in [5.41, 5.74) is 6.35. The van der Waals surface area contributed by atoms with E-state index in [9.17, 15) is 4.79 Å². The van der Waals surface area contributed by atoms with E-state index in [1.807, 2.05) is 18.2 Å². The van der Waals surface area contributed by atoms with Gasteiger partial charge < -0.3 is 10.5 Å². The van der Waals surface area contributed by atoms with Crippen molar-refractivity contribution in [3.63, 3.8) is 0 Å². The van der Waals surface area contributed by atoms with E-state index in [1.165, 1.54) is 4.90 Å². The van der Waals surface area contributed by atoms with Crippen LogP contribution in [0, 0.1) is 0 Å². The van der Waals surface area contributed by atoms with Crippen LogP contribution in [0.2, 0.25) is 0 Å². The summed E-state index contributed by atoms with van der Waals surface area (Å²) in [5.74, 6) is 0.613. The Morgan fingerprint density at radius 1 is 1.53 bits per heavy atom. The number of ether oxygens (including phenoxy) is 1. The minimum Gasteiger partial charge on any atom is -0.410 e. The standard InChI is InChI=1S/C10H10N2O2S/c11-9(15)6-12-5-7-3-1-2-4-8(7)14-10(12)13/h1-4H,5-6H2,(H2,11,15). The lowest BCUT2D eigenvalue weighted by atomic mass is 10.1. The summed E-state index contributed by atoms with van der Waals surface area (Å²) in [5, 5.41) is 0. The van der Waals surface area contributed by atoms with Crippen molar-refractivity contribution in [2.75, 3.05) is 6.54 Å². The molecule has 0 unspecified atom stereocenters. The lowest BCUT2D eigenvalue weighted by Gasteiger charge is -2.27. The molecule has 1 aromatic rings. The van der Waals surface area contributed by atoms with Gasteiger partial charge in [-0.15, -0.1) is 0 Å². The van der Waals surface area contributed by atoms with Gasteiger partial charge in [0.2, 0.25) is 0 Å². The molecule has 0 radical (unpaired) electrons. The van der Waals surface area contributed by atoms with Crippen LogP contribution < -0.4 is 10.5 Å². The maximum absolute atomic E-state index is 11.5. The molecular weight excluding hydrogens is 212 g/mol. The smallest absolute Gasteiger partial charge is 0.410 e. The molecule has 0 saturated heterocycles. The first-order chi connectivity index (χ1) is 7.16. The molecule has 0 atom stereocenters. The van der Waals surface area contributed by atoms with E-state index >= 15 is 0 Å². The van der Waals surface area contributed by atoms with Crippen LogP contribution in [0.5, 0.6) is 5.75 Å². The molecule has 1 heterocycles. The molecule has 0 bridgehead atoms. The zero-order chi connectivity index (χ0) is 10.8. The molecule has 1 amide bonds. The first-order valence-corrected chi connectivity index (χ1v) is 4.90. The second kappa shape index (κ2) is 3.86. The summed E-state index contributed by atoms with van der Waals surface area (Å²) < 4.78 is 5.12. The molecule has 4 nitrogen and oxygen atoms in total. The number of para-hydroxylation sites is 1. The second-order valence-corrected chi connectivity index (χ2v) is 3.82. The van der Waals surface area contributed by atoms with Gasteiger partial charge in [0.1, 0.15) is 5.75 Å². The highest BCUT2D eigenvalue weighted by atomic mass is 32.1. The number of nitrogens with zero attached hydrogens (tertiary/aromatic N) is 1. The fourth-order valence-electron chi connectivity index (χ4n) is 1.47. The lowest BCUT2D eigenvalue weighted by molar-refractivity contribution is 0.146. The highest BCUT2D eigenvalue weighted by molar-refractivity contribution is 7.80. The number of benzene rings is 1. The maximum Gasteiger partial charge on any atom is 0.415 e. The van der Waals surface area contributed by atoms with E-state index in [0.717, 1.165) is 5.56 Å². The van der Waals surface area contributed by atoms with Crippen LogP contribution in [0.3, 0.4) is 0 Å². The van der Waals surface area contributed by atoms with E-state index in [1.54, 1.807) is 6.07 Å². The van der Waals surface area contributed by atoms with E-state index in [0.29, 0.717) is 12.3 Å². The lowest BCUT2D eigenvalue weighted by Crippen LogP contribution is -2.41. The normalized spacial score (nSPS) is 14.4. The third-order valence-electron chi connectivity index (χ3n) is 2.14. The topological polar surface area (TPSA) is 55.6 Å². The maximum atomic E-state index is 11.5. The first-order valence-electron chi connectivity index (χ1n) is 4.50. The highest BCUT2D eigenvalue weighted by Gasteiger charge is 2.24. The molecule has 2 N–H and O–H groups in total. The third kappa shape index (κ3) is 2.07. The van der Waals surface area contributed by atoms with Crippen molar-refractivity contribution in [2.24, 2.45) is 5.73 Å². The summed E-state index contributed by atoms with van der Waals surface area (Å²) >= 11 is 4.76. The molecule has 5 heteroatoms. The number of hydrogen-bond donors (Lipinski definition) is 1. The summed E-state index contributed by atoms with van der Waals surface area (Å²) in [6, 6.07) is 7.41. The van der Waals surface area contributed by atoms with Crippen molar-refractivity contribution in [2.45, 2.75) is 6.54 Å². The predicted molar refractivity (Wildman–Crippen MR) is 59.7 cm³/mol. The Morgan fingerprint density at radius 3 is 3.00 bits per heavy atom. The molecule has 0 saturated carbocycles. The average molecular weight is 222 g/mol. The highest BCUT2D eigenvalue weighted by Crippen LogP contribution is 2.24. The van der Waals surface area contributed by atoms with Gasteiger partial charge in [0.05, 0.1) is 18.1 Å². The molecule has 1 aliphatic rings. The van der Waals surface area contributed by atoms with Gasteiger partial charge in [-0.05, 0) is 6.07 Å². The Kier molecular flexibility index (Phi) is 2.55. The van der Waals surface area contributed by atoms with Gasteiger partial charge >= 0.3 is 6.09 Å². The van der Waals surface area contributed by atoms with Crippen LogP contribution in [0.15, 0.2) is 24.3 Å². The summed E-state index contributed by atoms with van der Waals surface area (Å²) in [6.07, 6.45) is -0.401. The quantitative estimate of drug-likeness (QED) is 0.766. The van der Waals surface area contributed by atoms with Crippen LogP contribution in [0.25, 0.3) is 0 Å². The van der Waals surface area contributed by atoms with Crippen LogP contribution in [0.1, 0.15) is 5.56 Å². The van der Waals surface area contributed by atoms with E-state index in [4.69, 9.17) is 22.7 Å². The molecule has 1 aliphatic heterocycles. The minimum atomic E-state index is -0.401. The fourth-order valence-corrected chi connectivity index (χ4v) is 1.63. The first kappa shape index (κ1) is 9.92. The molecule has 0 aliphatic carbocycles. The summed E-state index contributed by atoms with van der Waals surface area (Å²) in [6.45, 7) is 0.745. The largest absolute Gasteiger partial charge is 0.415 e. The molecular formula is C10H10N2O2S. The average Bonchev–Trinajstić information content (AvgIpc) is 2.18. The number of amides is 1. The van der Waals surface area contributed by atoms with Gasteiger partial charge in [0, 0.05) is 5.56 Å². The Balaban J connectivity index is 2.22. The third-order valence-corrected chi connectivity index (χ3v) is 2.27. The van der Waals surface area contributed by atoms with Gasteiger partial charge in [-0.25, -0.2) is 4.79 Å². The Hall–Kier alpha value is -1.62. The van der Waals surface area contributed by atoms with Crippen molar-refractivity contribution in [1.82, 2.24) is 4.90 Å². The number of fused-ring (bicyclic) bond motifs is 1. The van der Waals surface area contributed by atoms with Crippen molar-refractivity contribution >= 4 is 23.3 Å². The number of thiocarbonyl (C=S) groups is 1. The fraction of sp³-hybridized carbons (Fsp3) is 0.200. The molecule has 0 fully saturated rings. The number of rotatable bonds is 2. The van der Waals surface area contributed by atoms with Gasteiger partial charge in [-0.3, -0.25) is 4.90 Å². The molecule has 2 rings (SSSR count). The number of nitrogens with two attached hydrogens (primary N) is 1. The van der Waals surface area contributed by atoms with E-state index in [2.05, 4.69) is 0 Å². The van der Waals surface area contributed by atoms with Gasteiger partial charge in [-0.1, -0.05) is 30.4 Å². The zero-order valence-electron chi connectivity index (χ0n) is 7.97. The molecule has 0 spiro atoms. The SMILES string of the molecule is NC(=S)CN1Cc2ccccc2OC1=O. The Morgan fingerprint density at radius 2 is 2.27 bits per heavy atom. The number of carbonyl (C=O) groups excluding carboxylic acids is 1. The second-order valence-electron chi connectivity index (χ2n) is 3.30. The van der Waals surface area contributed by atoms with Gasteiger partial charge in [0.15, 0.2) is 0 Å². The van der Waals surface area contributed by atoms with Crippen LogP contribution in [-0.4, -0.2) is 22.5 Å². The van der Waals surface area contributed by atoms with E-state index < -0.39 is 6.09 Å². The summed E-state index contributed by atoms with van der Waals surface area (Å²) in [4.78, 5) is 13.2. The minimum absolute atomic E-state index is 0.252. The molecule has 78 valence electrons. The van der Waals surface area contributed by atoms with E-state index in [-0.39, 0.29) is 11.5 Å². The van der Waals surface area contributed by atoms with Gasteiger partial charge in [0.25, 0.3) is 0 Å².